The molecular formula is C11H13N5O. The Balaban J connectivity index is 2.27. The first kappa shape index (κ1) is 10.2. The van der Waals surface area contributed by atoms with Crippen LogP contribution in [0.1, 0.15) is 36.8 Å². The van der Waals surface area contributed by atoms with E-state index in [1.807, 2.05) is 6.92 Å². The predicted octanol–water partition coefficient (Wildman–Crippen LogP) is 1.20. The van der Waals surface area contributed by atoms with E-state index in [2.05, 4.69) is 20.2 Å². The Morgan fingerprint density at radius 2 is 2.35 bits per heavy atom. The van der Waals surface area contributed by atoms with Crippen LogP contribution >= 0.6 is 0 Å². The molecule has 0 unspecified atom stereocenters. The van der Waals surface area contributed by atoms with Gasteiger partial charge in [-0.05, 0) is 19.3 Å². The summed E-state index contributed by atoms with van der Waals surface area (Å²) in [6.07, 6.45) is 5.19. The zero-order valence-electron chi connectivity index (χ0n) is 9.59. The SMILES string of the molecule is CCc1nc2ncc3c(n2n1)CCCC3=NO. The third-order valence-electron chi connectivity index (χ3n) is 3.08. The van der Waals surface area contributed by atoms with Gasteiger partial charge < -0.3 is 5.21 Å². The number of fused-ring (bicyclic) bond motifs is 3. The third-order valence-corrected chi connectivity index (χ3v) is 3.08. The molecule has 88 valence electrons. The van der Waals surface area contributed by atoms with Gasteiger partial charge in [-0.15, -0.1) is 5.10 Å². The van der Waals surface area contributed by atoms with Crippen LogP contribution in [0.2, 0.25) is 0 Å². The van der Waals surface area contributed by atoms with E-state index in [4.69, 9.17) is 5.21 Å². The van der Waals surface area contributed by atoms with Gasteiger partial charge in [0.2, 0.25) is 0 Å². The lowest BCUT2D eigenvalue weighted by Gasteiger charge is -2.16. The van der Waals surface area contributed by atoms with Gasteiger partial charge >= 0.3 is 0 Å². The highest BCUT2D eigenvalue weighted by Crippen LogP contribution is 2.21. The van der Waals surface area contributed by atoms with Gasteiger partial charge in [0, 0.05) is 18.2 Å². The zero-order chi connectivity index (χ0) is 11.8. The predicted molar refractivity (Wildman–Crippen MR) is 61.4 cm³/mol. The van der Waals surface area contributed by atoms with Crippen molar-refractivity contribution in [1.82, 2.24) is 19.6 Å². The highest BCUT2D eigenvalue weighted by molar-refractivity contribution is 6.01. The molecule has 0 saturated heterocycles. The van der Waals surface area contributed by atoms with E-state index in [0.717, 1.165) is 42.8 Å². The number of oxime groups is 1. The summed E-state index contributed by atoms with van der Waals surface area (Å²) in [7, 11) is 0. The van der Waals surface area contributed by atoms with Crippen molar-refractivity contribution in [2.75, 3.05) is 0 Å². The maximum absolute atomic E-state index is 8.98. The molecule has 0 fully saturated rings. The summed E-state index contributed by atoms with van der Waals surface area (Å²) in [5.74, 6) is 1.42. The average molecular weight is 231 g/mol. The Hall–Kier alpha value is -1.98. The van der Waals surface area contributed by atoms with Crippen molar-refractivity contribution >= 4 is 11.5 Å². The van der Waals surface area contributed by atoms with Gasteiger partial charge in [-0.3, -0.25) is 0 Å². The molecule has 3 rings (SSSR count). The summed E-state index contributed by atoms with van der Waals surface area (Å²) in [5, 5.41) is 16.7. The fraction of sp³-hybridized carbons (Fsp3) is 0.455. The fourth-order valence-corrected chi connectivity index (χ4v) is 2.21. The Bertz CT molecular complexity index is 601. The largest absolute Gasteiger partial charge is 0.411 e. The summed E-state index contributed by atoms with van der Waals surface area (Å²) in [6.45, 7) is 2.02. The quantitative estimate of drug-likeness (QED) is 0.591. The second kappa shape index (κ2) is 3.80. The molecule has 0 amide bonds. The minimum absolute atomic E-state index is 0.625. The molecule has 0 atom stereocenters. The fourth-order valence-electron chi connectivity index (χ4n) is 2.21. The standard InChI is InChI=1S/C11H13N5O/c1-2-10-13-11-12-6-7-8(15-17)4-3-5-9(7)16(11)14-10/h6,17H,2-5H2,1H3. The van der Waals surface area contributed by atoms with Crippen molar-refractivity contribution in [3.8, 4) is 0 Å². The maximum Gasteiger partial charge on any atom is 0.252 e. The summed E-state index contributed by atoms with van der Waals surface area (Å²) in [5.41, 5.74) is 2.62. The van der Waals surface area contributed by atoms with Crippen LogP contribution in [-0.2, 0) is 12.8 Å². The molecule has 2 heterocycles. The Morgan fingerprint density at radius 3 is 3.12 bits per heavy atom. The van der Waals surface area contributed by atoms with Gasteiger partial charge in [0.15, 0.2) is 5.82 Å². The molecule has 0 saturated carbocycles. The molecule has 1 aliphatic rings. The second-order valence-corrected chi connectivity index (χ2v) is 4.11. The normalized spacial score (nSPS) is 17.6. The van der Waals surface area contributed by atoms with E-state index in [-0.39, 0.29) is 0 Å². The molecule has 6 heteroatoms. The minimum Gasteiger partial charge on any atom is -0.411 e. The van der Waals surface area contributed by atoms with Crippen LogP contribution in [-0.4, -0.2) is 30.5 Å². The summed E-state index contributed by atoms with van der Waals surface area (Å²) >= 11 is 0. The topological polar surface area (TPSA) is 75.7 Å². The minimum atomic E-state index is 0.625. The van der Waals surface area contributed by atoms with E-state index in [0.29, 0.717) is 11.5 Å². The highest BCUT2D eigenvalue weighted by Gasteiger charge is 2.20. The number of hydrogen-bond acceptors (Lipinski definition) is 5. The van der Waals surface area contributed by atoms with Crippen LogP contribution in [0.4, 0.5) is 0 Å². The van der Waals surface area contributed by atoms with Crippen LogP contribution in [0, 0.1) is 0 Å². The summed E-state index contributed by atoms with van der Waals surface area (Å²) in [6, 6.07) is 0. The maximum atomic E-state index is 8.98. The van der Waals surface area contributed by atoms with Crippen molar-refractivity contribution in [1.29, 1.82) is 0 Å². The molecule has 2 aromatic heterocycles. The lowest BCUT2D eigenvalue weighted by Crippen LogP contribution is -2.17. The Labute approximate surface area is 98.0 Å². The molecule has 0 spiro atoms. The van der Waals surface area contributed by atoms with E-state index < -0.39 is 0 Å². The van der Waals surface area contributed by atoms with Crippen LogP contribution in [0.15, 0.2) is 11.4 Å². The van der Waals surface area contributed by atoms with Crippen molar-refractivity contribution in [3.05, 3.63) is 23.3 Å². The first-order valence-corrected chi connectivity index (χ1v) is 5.78. The van der Waals surface area contributed by atoms with Gasteiger partial charge in [0.25, 0.3) is 5.78 Å². The third kappa shape index (κ3) is 1.48. The first-order valence-electron chi connectivity index (χ1n) is 5.78. The van der Waals surface area contributed by atoms with Crippen molar-refractivity contribution in [2.45, 2.75) is 32.6 Å². The van der Waals surface area contributed by atoms with Crippen molar-refractivity contribution in [2.24, 2.45) is 5.16 Å². The molecule has 6 nitrogen and oxygen atoms in total. The Kier molecular flexibility index (Phi) is 2.28. The summed E-state index contributed by atoms with van der Waals surface area (Å²) < 4.78 is 1.78. The van der Waals surface area contributed by atoms with Crippen LogP contribution in [0.3, 0.4) is 0 Å². The van der Waals surface area contributed by atoms with Crippen LogP contribution in [0.5, 0.6) is 0 Å². The number of hydrogen-bond donors (Lipinski definition) is 1. The van der Waals surface area contributed by atoms with E-state index >= 15 is 0 Å². The molecule has 0 aliphatic heterocycles. The second-order valence-electron chi connectivity index (χ2n) is 4.11. The molecule has 2 aromatic rings. The van der Waals surface area contributed by atoms with Gasteiger partial charge in [0.05, 0.1) is 11.4 Å². The highest BCUT2D eigenvalue weighted by atomic mass is 16.4. The van der Waals surface area contributed by atoms with E-state index in [9.17, 15) is 0 Å². The number of rotatable bonds is 1. The molecule has 0 bridgehead atoms. The van der Waals surface area contributed by atoms with E-state index in [1.54, 1.807) is 10.7 Å². The van der Waals surface area contributed by atoms with Gasteiger partial charge in [0.1, 0.15) is 0 Å². The molecule has 17 heavy (non-hydrogen) atoms. The molecule has 0 aromatic carbocycles. The van der Waals surface area contributed by atoms with Crippen LogP contribution in [0.25, 0.3) is 5.78 Å². The van der Waals surface area contributed by atoms with Crippen LogP contribution < -0.4 is 0 Å². The van der Waals surface area contributed by atoms with Gasteiger partial charge in [-0.25, -0.2) is 9.50 Å². The lowest BCUT2D eigenvalue weighted by molar-refractivity contribution is 0.317. The Morgan fingerprint density at radius 1 is 1.47 bits per heavy atom. The van der Waals surface area contributed by atoms with Crippen molar-refractivity contribution < 1.29 is 5.21 Å². The monoisotopic (exact) mass is 231 g/mol. The van der Waals surface area contributed by atoms with E-state index in [1.165, 1.54) is 0 Å². The average Bonchev–Trinajstić information content (AvgIpc) is 2.81. The van der Waals surface area contributed by atoms with Gasteiger partial charge in [-0.2, -0.15) is 4.98 Å². The number of aromatic nitrogens is 4. The number of nitrogens with zero attached hydrogens (tertiary/aromatic N) is 5. The first-order chi connectivity index (χ1) is 8.33. The number of aryl methyl sites for hydroxylation is 2. The lowest BCUT2D eigenvalue weighted by atomic mass is 9.95. The summed E-state index contributed by atoms with van der Waals surface area (Å²) in [4.78, 5) is 8.59. The molecule has 1 N–H and O–H groups in total. The molecule has 1 aliphatic carbocycles. The molecular weight excluding hydrogens is 218 g/mol. The smallest absolute Gasteiger partial charge is 0.252 e. The zero-order valence-corrected chi connectivity index (χ0v) is 9.59. The van der Waals surface area contributed by atoms with Gasteiger partial charge in [-0.1, -0.05) is 12.1 Å². The molecule has 0 radical (unpaired) electrons. The van der Waals surface area contributed by atoms with Crippen molar-refractivity contribution in [3.63, 3.8) is 0 Å².